The number of carbonyl (C=O) groups excluding carboxylic acids is 2. The van der Waals surface area contributed by atoms with Gasteiger partial charge >= 0.3 is 5.97 Å². The van der Waals surface area contributed by atoms with Crippen LogP contribution in [0.5, 0.6) is 0 Å². The summed E-state index contributed by atoms with van der Waals surface area (Å²) in [5.74, 6) is 3.72. The maximum Gasteiger partial charge on any atom is 0.330 e. The molecule has 0 aliphatic carbocycles. The minimum absolute atomic E-state index is 0.390. The highest BCUT2D eigenvalue weighted by Gasteiger charge is 2.35. The first-order valence-corrected chi connectivity index (χ1v) is 3.33. The molecule has 0 heterocycles. The van der Waals surface area contributed by atoms with E-state index in [9.17, 15) is 9.59 Å². The standard InChI is InChI=1S/C7H13NO3/c1-5(4-9)7(2,3)6(10)11-8/h4-5H,8H2,1-3H3/t5-/m0/s1. The van der Waals surface area contributed by atoms with Crippen LogP contribution in [0.1, 0.15) is 20.8 Å². The van der Waals surface area contributed by atoms with Crippen LogP contribution in [0.25, 0.3) is 0 Å². The van der Waals surface area contributed by atoms with Crippen molar-refractivity contribution in [2.75, 3.05) is 0 Å². The number of hydrogen-bond donors (Lipinski definition) is 1. The van der Waals surface area contributed by atoms with Gasteiger partial charge in [0.15, 0.2) is 0 Å². The Morgan fingerprint density at radius 3 is 2.36 bits per heavy atom. The first-order valence-electron chi connectivity index (χ1n) is 3.33. The van der Waals surface area contributed by atoms with Crippen LogP contribution >= 0.6 is 0 Å². The van der Waals surface area contributed by atoms with Gasteiger partial charge in [-0.15, -0.1) is 0 Å². The van der Waals surface area contributed by atoms with Gasteiger partial charge in [0.1, 0.15) is 6.29 Å². The van der Waals surface area contributed by atoms with Gasteiger partial charge in [-0.2, -0.15) is 5.90 Å². The van der Waals surface area contributed by atoms with E-state index in [1.807, 2.05) is 0 Å². The third-order valence-corrected chi connectivity index (χ3v) is 1.98. The van der Waals surface area contributed by atoms with Crippen LogP contribution in [-0.2, 0) is 14.4 Å². The molecular weight excluding hydrogens is 146 g/mol. The van der Waals surface area contributed by atoms with Gasteiger partial charge in [-0.25, -0.2) is 4.79 Å². The van der Waals surface area contributed by atoms with E-state index in [2.05, 4.69) is 10.7 Å². The summed E-state index contributed by atoms with van der Waals surface area (Å²) >= 11 is 0. The zero-order valence-electron chi connectivity index (χ0n) is 6.96. The van der Waals surface area contributed by atoms with E-state index >= 15 is 0 Å². The molecule has 0 aromatic heterocycles. The minimum Gasteiger partial charge on any atom is -0.373 e. The second kappa shape index (κ2) is 3.48. The Labute approximate surface area is 65.7 Å². The number of nitrogens with two attached hydrogens (primary N) is 1. The lowest BCUT2D eigenvalue weighted by molar-refractivity contribution is -0.158. The van der Waals surface area contributed by atoms with E-state index in [1.54, 1.807) is 20.8 Å². The van der Waals surface area contributed by atoms with Crippen molar-refractivity contribution >= 4 is 12.3 Å². The molecule has 0 amide bonds. The first kappa shape index (κ1) is 10.1. The smallest absolute Gasteiger partial charge is 0.330 e. The molecule has 0 saturated carbocycles. The van der Waals surface area contributed by atoms with E-state index in [-0.39, 0.29) is 0 Å². The van der Waals surface area contributed by atoms with Gasteiger partial charge in [0.05, 0.1) is 5.41 Å². The zero-order valence-corrected chi connectivity index (χ0v) is 6.96. The van der Waals surface area contributed by atoms with E-state index in [1.165, 1.54) is 0 Å². The molecule has 4 heteroatoms. The summed E-state index contributed by atoms with van der Waals surface area (Å²) in [5.41, 5.74) is -0.837. The highest BCUT2D eigenvalue weighted by Crippen LogP contribution is 2.25. The third-order valence-electron chi connectivity index (χ3n) is 1.98. The number of aldehydes is 1. The van der Waals surface area contributed by atoms with Gasteiger partial charge in [-0.05, 0) is 13.8 Å². The van der Waals surface area contributed by atoms with Gasteiger partial charge in [-0.1, -0.05) is 6.92 Å². The van der Waals surface area contributed by atoms with Gasteiger partial charge in [0.2, 0.25) is 0 Å². The average molecular weight is 159 g/mol. The summed E-state index contributed by atoms with van der Waals surface area (Å²) in [6, 6.07) is 0. The second-order valence-corrected chi connectivity index (χ2v) is 3.05. The third kappa shape index (κ3) is 2.01. The van der Waals surface area contributed by atoms with E-state index in [4.69, 9.17) is 0 Å². The molecule has 0 aromatic carbocycles. The van der Waals surface area contributed by atoms with Crippen LogP contribution in [0, 0.1) is 11.3 Å². The minimum atomic E-state index is -0.837. The Kier molecular flexibility index (Phi) is 3.19. The quantitative estimate of drug-likeness (QED) is 0.474. The maximum absolute atomic E-state index is 10.9. The zero-order chi connectivity index (χ0) is 9.07. The molecule has 2 N–H and O–H groups in total. The molecule has 1 atom stereocenters. The number of rotatable bonds is 3. The molecule has 11 heavy (non-hydrogen) atoms. The maximum atomic E-state index is 10.9. The largest absolute Gasteiger partial charge is 0.373 e. The van der Waals surface area contributed by atoms with E-state index < -0.39 is 17.3 Å². The summed E-state index contributed by atoms with van der Waals surface area (Å²) < 4.78 is 0. The molecule has 0 bridgehead atoms. The molecule has 0 spiro atoms. The fourth-order valence-corrected chi connectivity index (χ4v) is 0.508. The summed E-state index contributed by atoms with van der Waals surface area (Å²) in [6.45, 7) is 4.87. The SMILES string of the molecule is C[C@@H](C=O)C(C)(C)C(=O)ON. The normalized spacial score (nSPS) is 13.8. The Morgan fingerprint density at radius 2 is 2.09 bits per heavy atom. The van der Waals surface area contributed by atoms with E-state index in [0.717, 1.165) is 0 Å². The highest BCUT2D eigenvalue weighted by atomic mass is 16.7. The van der Waals surface area contributed by atoms with Crippen molar-refractivity contribution < 1.29 is 14.4 Å². The molecule has 0 radical (unpaired) electrons. The van der Waals surface area contributed by atoms with Crippen LogP contribution < -0.4 is 5.90 Å². The lowest BCUT2D eigenvalue weighted by Crippen LogP contribution is -2.35. The second-order valence-electron chi connectivity index (χ2n) is 3.05. The summed E-state index contributed by atoms with van der Waals surface area (Å²) in [5, 5.41) is 0. The topological polar surface area (TPSA) is 69.4 Å². The average Bonchev–Trinajstić information content (AvgIpc) is 2.01. The molecule has 0 fully saturated rings. The molecule has 0 saturated heterocycles. The summed E-state index contributed by atoms with van der Waals surface area (Å²) in [7, 11) is 0. The van der Waals surface area contributed by atoms with Crippen molar-refractivity contribution in [2.45, 2.75) is 20.8 Å². The lowest BCUT2D eigenvalue weighted by atomic mass is 9.81. The van der Waals surface area contributed by atoms with Gasteiger partial charge < -0.3 is 9.63 Å². The Morgan fingerprint density at radius 1 is 1.64 bits per heavy atom. The van der Waals surface area contributed by atoms with Crippen molar-refractivity contribution in [3.8, 4) is 0 Å². The Hall–Kier alpha value is -0.900. The van der Waals surface area contributed by atoms with Gasteiger partial charge in [-0.3, -0.25) is 0 Å². The summed E-state index contributed by atoms with van der Waals surface area (Å²) in [6.07, 6.45) is 0.705. The molecule has 0 unspecified atom stereocenters. The molecule has 64 valence electrons. The molecule has 4 nitrogen and oxygen atoms in total. The molecule has 0 rings (SSSR count). The van der Waals surface area contributed by atoms with Crippen LogP contribution in [0.3, 0.4) is 0 Å². The first-order chi connectivity index (χ1) is 4.96. The Bertz CT molecular complexity index is 165. The van der Waals surface area contributed by atoms with Gasteiger partial charge in [0, 0.05) is 5.92 Å². The van der Waals surface area contributed by atoms with Crippen LogP contribution in [0.4, 0.5) is 0 Å². The molecule has 0 aliphatic rings. The predicted octanol–water partition coefficient (Wildman–Crippen LogP) is 0.265. The van der Waals surface area contributed by atoms with E-state index in [0.29, 0.717) is 6.29 Å². The van der Waals surface area contributed by atoms with Gasteiger partial charge in [0.25, 0.3) is 0 Å². The van der Waals surface area contributed by atoms with Crippen LogP contribution in [-0.4, -0.2) is 12.3 Å². The highest BCUT2D eigenvalue weighted by molar-refractivity contribution is 5.79. The van der Waals surface area contributed by atoms with Crippen molar-refractivity contribution in [2.24, 2.45) is 17.2 Å². The fraction of sp³-hybridized carbons (Fsp3) is 0.714. The van der Waals surface area contributed by atoms with Crippen molar-refractivity contribution in [3.05, 3.63) is 0 Å². The molecule has 0 aliphatic heterocycles. The van der Waals surface area contributed by atoms with Crippen LogP contribution in [0.15, 0.2) is 0 Å². The van der Waals surface area contributed by atoms with Crippen molar-refractivity contribution in [1.29, 1.82) is 0 Å². The van der Waals surface area contributed by atoms with Crippen molar-refractivity contribution in [3.63, 3.8) is 0 Å². The Balaban J connectivity index is 4.43. The fourth-order valence-electron chi connectivity index (χ4n) is 0.508. The predicted molar refractivity (Wildman–Crippen MR) is 39.3 cm³/mol. The summed E-state index contributed by atoms with van der Waals surface area (Å²) in [4.78, 5) is 25.3. The monoisotopic (exact) mass is 159 g/mol. The number of carbonyl (C=O) groups is 2. The number of hydrogen-bond acceptors (Lipinski definition) is 4. The van der Waals surface area contributed by atoms with Crippen LogP contribution in [0.2, 0.25) is 0 Å². The molecular formula is C7H13NO3. The van der Waals surface area contributed by atoms with Crippen molar-refractivity contribution in [1.82, 2.24) is 0 Å². The lowest BCUT2D eigenvalue weighted by Gasteiger charge is -2.23. The molecule has 0 aromatic rings.